The van der Waals surface area contributed by atoms with Crippen LogP contribution in [0.2, 0.25) is 0 Å². The summed E-state index contributed by atoms with van der Waals surface area (Å²) in [6.45, 7) is 1.63. The first kappa shape index (κ1) is 16.6. The Kier molecular flexibility index (Phi) is 4.74. The van der Waals surface area contributed by atoms with E-state index in [1.165, 1.54) is 28.4 Å². The van der Waals surface area contributed by atoms with Crippen LogP contribution in [0.15, 0.2) is 18.2 Å². The highest BCUT2D eigenvalue weighted by Gasteiger charge is 2.27. The topological polar surface area (TPSA) is 77.4 Å². The van der Waals surface area contributed by atoms with Crippen molar-refractivity contribution in [3.63, 3.8) is 0 Å². The van der Waals surface area contributed by atoms with Crippen molar-refractivity contribution in [2.24, 2.45) is 0 Å². The van der Waals surface area contributed by atoms with Crippen LogP contribution in [0.3, 0.4) is 0 Å². The molecular weight excluding hydrogens is 300 g/mol. The smallest absolute Gasteiger partial charge is 0.172 e. The molecule has 0 spiro atoms. The molecule has 0 amide bonds. The second-order valence-corrected chi connectivity index (χ2v) is 4.80. The van der Waals surface area contributed by atoms with Gasteiger partial charge in [-0.1, -0.05) is 12.1 Å². The van der Waals surface area contributed by atoms with E-state index >= 15 is 0 Å². The van der Waals surface area contributed by atoms with Gasteiger partial charge in [0.15, 0.2) is 34.5 Å². The standard InChI is InChI=1S/C17H20O6/c1-9-13(18)14(19)12(17(23-5)15(9)21-3)10-7-6-8-11(20-2)16(10)22-4/h6-8,18-19H,1-5H3. The summed E-state index contributed by atoms with van der Waals surface area (Å²) in [6.07, 6.45) is 0. The lowest BCUT2D eigenvalue weighted by Crippen LogP contribution is -1.99. The zero-order valence-electron chi connectivity index (χ0n) is 13.8. The number of phenolic OH excluding ortho intramolecular Hbond substituents is 2. The maximum Gasteiger partial charge on any atom is 0.172 e. The summed E-state index contributed by atoms with van der Waals surface area (Å²) >= 11 is 0. The molecule has 0 aliphatic carbocycles. The lowest BCUT2D eigenvalue weighted by Gasteiger charge is -2.20. The zero-order valence-corrected chi connectivity index (χ0v) is 13.8. The van der Waals surface area contributed by atoms with Crippen LogP contribution in [-0.2, 0) is 0 Å². The minimum absolute atomic E-state index is 0.267. The van der Waals surface area contributed by atoms with Crippen molar-refractivity contribution in [2.45, 2.75) is 6.92 Å². The van der Waals surface area contributed by atoms with Gasteiger partial charge in [-0.2, -0.15) is 0 Å². The summed E-state index contributed by atoms with van der Waals surface area (Å²) < 4.78 is 21.4. The Bertz CT molecular complexity index is 724. The molecule has 124 valence electrons. The summed E-state index contributed by atoms with van der Waals surface area (Å²) in [4.78, 5) is 0. The van der Waals surface area contributed by atoms with Crippen LogP contribution in [0.25, 0.3) is 11.1 Å². The molecule has 2 N–H and O–H groups in total. The van der Waals surface area contributed by atoms with E-state index in [1.54, 1.807) is 25.1 Å². The van der Waals surface area contributed by atoms with Gasteiger partial charge in [-0.05, 0) is 13.0 Å². The van der Waals surface area contributed by atoms with Gasteiger partial charge in [0.2, 0.25) is 0 Å². The number of methoxy groups -OCH3 is 4. The van der Waals surface area contributed by atoms with Crippen molar-refractivity contribution in [3.05, 3.63) is 23.8 Å². The third kappa shape index (κ3) is 2.56. The van der Waals surface area contributed by atoms with Gasteiger partial charge < -0.3 is 29.2 Å². The number of rotatable bonds is 5. The van der Waals surface area contributed by atoms with E-state index in [9.17, 15) is 10.2 Å². The Hall–Kier alpha value is -2.76. The van der Waals surface area contributed by atoms with Crippen molar-refractivity contribution in [1.82, 2.24) is 0 Å². The average molecular weight is 320 g/mol. The number of aromatic hydroxyl groups is 2. The fourth-order valence-electron chi connectivity index (χ4n) is 2.57. The lowest BCUT2D eigenvalue weighted by atomic mass is 9.98. The molecule has 2 aromatic carbocycles. The number of hydrogen-bond acceptors (Lipinski definition) is 6. The summed E-state index contributed by atoms with van der Waals surface area (Å²) in [6, 6.07) is 5.21. The van der Waals surface area contributed by atoms with Crippen LogP contribution in [0.4, 0.5) is 0 Å². The number of phenols is 2. The van der Waals surface area contributed by atoms with E-state index in [4.69, 9.17) is 18.9 Å². The third-order valence-electron chi connectivity index (χ3n) is 3.67. The first-order chi connectivity index (χ1) is 11.0. The molecule has 23 heavy (non-hydrogen) atoms. The normalized spacial score (nSPS) is 10.3. The Balaban J connectivity index is 2.91. The largest absolute Gasteiger partial charge is 0.504 e. The fraction of sp³-hybridized carbons (Fsp3) is 0.294. The van der Waals surface area contributed by atoms with E-state index in [0.717, 1.165) is 0 Å². The van der Waals surface area contributed by atoms with Gasteiger partial charge in [0, 0.05) is 11.1 Å². The van der Waals surface area contributed by atoms with Gasteiger partial charge in [0.1, 0.15) is 0 Å². The van der Waals surface area contributed by atoms with Gasteiger partial charge in [0.05, 0.1) is 34.0 Å². The molecule has 0 aliphatic heterocycles. The zero-order chi connectivity index (χ0) is 17.1. The third-order valence-corrected chi connectivity index (χ3v) is 3.67. The maximum atomic E-state index is 10.5. The molecule has 6 nitrogen and oxygen atoms in total. The molecule has 0 fully saturated rings. The molecule has 0 bridgehead atoms. The molecule has 0 atom stereocenters. The Labute approximate surface area is 134 Å². The van der Waals surface area contributed by atoms with E-state index in [1.807, 2.05) is 0 Å². The summed E-state index contributed by atoms with van der Waals surface area (Å²) in [5.41, 5.74) is 1.16. The second kappa shape index (κ2) is 6.56. The Morgan fingerprint density at radius 2 is 1.35 bits per heavy atom. The highest BCUT2D eigenvalue weighted by Crippen LogP contribution is 2.54. The van der Waals surface area contributed by atoms with E-state index in [-0.39, 0.29) is 17.1 Å². The van der Waals surface area contributed by atoms with E-state index in [2.05, 4.69) is 0 Å². The molecule has 0 saturated heterocycles. The summed E-state index contributed by atoms with van der Waals surface area (Å²) in [5.74, 6) is 0.947. The van der Waals surface area contributed by atoms with Crippen LogP contribution >= 0.6 is 0 Å². The summed E-state index contributed by atoms with van der Waals surface area (Å²) in [7, 11) is 5.94. The minimum atomic E-state index is -0.313. The molecule has 2 aromatic rings. The number of benzene rings is 2. The van der Waals surface area contributed by atoms with Crippen molar-refractivity contribution >= 4 is 0 Å². The highest BCUT2D eigenvalue weighted by atomic mass is 16.5. The van der Waals surface area contributed by atoms with Crippen molar-refractivity contribution < 1.29 is 29.2 Å². The van der Waals surface area contributed by atoms with Gasteiger partial charge in [0.25, 0.3) is 0 Å². The van der Waals surface area contributed by atoms with E-state index < -0.39 is 0 Å². The van der Waals surface area contributed by atoms with Crippen LogP contribution < -0.4 is 18.9 Å². The SMILES string of the molecule is COc1cccc(-c2c(O)c(O)c(C)c(OC)c2OC)c1OC. The lowest BCUT2D eigenvalue weighted by molar-refractivity contribution is 0.339. The molecule has 2 rings (SSSR count). The number of para-hydroxylation sites is 1. The molecular formula is C17H20O6. The monoisotopic (exact) mass is 320 g/mol. The van der Waals surface area contributed by atoms with Crippen LogP contribution in [0.1, 0.15) is 5.56 Å². The van der Waals surface area contributed by atoms with Crippen molar-refractivity contribution in [1.29, 1.82) is 0 Å². The molecule has 0 radical (unpaired) electrons. The van der Waals surface area contributed by atoms with Gasteiger partial charge in [-0.15, -0.1) is 0 Å². The quantitative estimate of drug-likeness (QED) is 0.824. The van der Waals surface area contributed by atoms with Gasteiger partial charge in [-0.25, -0.2) is 0 Å². The van der Waals surface area contributed by atoms with Crippen LogP contribution in [0.5, 0.6) is 34.5 Å². The molecule has 0 unspecified atom stereocenters. The predicted octanol–water partition coefficient (Wildman–Crippen LogP) is 3.11. The Morgan fingerprint density at radius 1 is 0.739 bits per heavy atom. The summed E-state index contributed by atoms with van der Waals surface area (Å²) in [5, 5.41) is 20.7. The van der Waals surface area contributed by atoms with Crippen molar-refractivity contribution in [2.75, 3.05) is 28.4 Å². The molecule has 0 aliphatic rings. The van der Waals surface area contributed by atoms with Crippen LogP contribution in [0, 0.1) is 6.92 Å². The van der Waals surface area contributed by atoms with Gasteiger partial charge >= 0.3 is 0 Å². The molecule has 0 aromatic heterocycles. The maximum absolute atomic E-state index is 10.5. The highest BCUT2D eigenvalue weighted by molar-refractivity contribution is 5.88. The first-order valence-electron chi connectivity index (χ1n) is 6.89. The van der Waals surface area contributed by atoms with Gasteiger partial charge in [-0.3, -0.25) is 0 Å². The second-order valence-electron chi connectivity index (χ2n) is 4.80. The molecule has 6 heteroatoms. The average Bonchev–Trinajstić information content (AvgIpc) is 2.58. The number of ether oxygens (including phenoxy) is 4. The minimum Gasteiger partial charge on any atom is -0.504 e. The number of hydrogen-bond donors (Lipinski definition) is 2. The fourth-order valence-corrected chi connectivity index (χ4v) is 2.57. The predicted molar refractivity (Wildman–Crippen MR) is 86.2 cm³/mol. The van der Waals surface area contributed by atoms with Crippen molar-refractivity contribution in [3.8, 4) is 45.6 Å². The van der Waals surface area contributed by atoms with Crippen LogP contribution in [-0.4, -0.2) is 38.7 Å². The first-order valence-corrected chi connectivity index (χ1v) is 6.89. The van der Waals surface area contributed by atoms with E-state index in [0.29, 0.717) is 34.1 Å². The molecule has 0 heterocycles. The Morgan fingerprint density at radius 3 is 1.87 bits per heavy atom. The molecule has 0 saturated carbocycles.